The van der Waals surface area contributed by atoms with E-state index in [9.17, 15) is 13.2 Å². The number of nitrogens with one attached hydrogen (secondary N) is 1. The second-order valence-corrected chi connectivity index (χ2v) is 10.3. The van der Waals surface area contributed by atoms with E-state index in [1.54, 1.807) is 12.1 Å². The van der Waals surface area contributed by atoms with Crippen molar-refractivity contribution >= 4 is 49.1 Å². The first-order valence-corrected chi connectivity index (χ1v) is 11.9. The van der Waals surface area contributed by atoms with Crippen LogP contribution < -0.4 is 5.32 Å². The summed E-state index contributed by atoms with van der Waals surface area (Å²) in [5, 5.41) is 3.87. The van der Waals surface area contributed by atoms with Crippen LogP contribution in [0, 0.1) is 0 Å². The molecule has 0 saturated heterocycles. The molecule has 0 aliphatic heterocycles. The lowest BCUT2D eigenvalue weighted by molar-refractivity contribution is -0.121. The number of halogens is 1. The number of hydrogen-bond acceptors (Lipinski definition) is 6. The van der Waals surface area contributed by atoms with Gasteiger partial charge in [-0.15, -0.1) is 11.3 Å². The molecule has 4 aromatic rings. The number of carbonyl (C=O) groups is 1. The van der Waals surface area contributed by atoms with Crippen molar-refractivity contribution in [2.45, 2.75) is 11.4 Å². The van der Waals surface area contributed by atoms with Crippen molar-refractivity contribution in [3.05, 3.63) is 71.4 Å². The Kier molecular flexibility index (Phi) is 6.10. The summed E-state index contributed by atoms with van der Waals surface area (Å²) in [6.07, 6.45) is 0. The van der Waals surface area contributed by atoms with Crippen molar-refractivity contribution in [1.29, 1.82) is 0 Å². The SMILES string of the molecule is CN(CC(=O)NCc1ccc(-c2nc3ccccc3s2)o1)S(=O)(=O)c1ccc(Cl)cc1. The molecular formula is C21H18ClN3O4S2. The number of hydrogen-bond donors (Lipinski definition) is 1. The van der Waals surface area contributed by atoms with Gasteiger partial charge in [0.1, 0.15) is 5.76 Å². The number of thiazole rings is 1. The Labute approximate surface area is 188 Å². The smallest absolute Gasteiger partial charge is 0.243 e. The van der Waals surface area contributed by atoms with Gasteiger partial charge in [-0.3, -0.25) is 4.79 Å². The van der Waals surface area contributed by atoms with Crippen LogP contribution in [0.15, 0.2) is 70.0 Å². The number of amides is 1. The average Bonchev–Trinajstić information content (AvgIpc) is 3.39. The lowest BCUT2D eigenvalue weighted by atomic mass is 10.3. The van der Waals surface area contributed by atoms with Gasteiger partial charge in [0.05, 0.1) is 28.2 Å². The molecule has 4 rings (SSSR count). The maximum atomic E-state index is 12.6. The van der Waals surface area contributed by atoms with Gasteiger partial charge in [-0.25, -0.2) is 13.4 Å². The Balaban J connectivity index is 1.36. The van der Waals surface area contributed by atoms with E-state index in [0.717, 1.165) is 19.5 Å². The van der Waals surface area contributed by atoms with E-state index < -0.39 is 15.9 Å². The molecule has 0 aliphatic carbocycles. The first-order valence-electron chi connectivity index (χ1n) is 9.26. The minimum absolute atomic E-state index is 0.0683. The lowest BCUT2D eigenvalue weighted by Gasteiger charge is -2.16. The molecule has 0 fully saturated rings. The third-order valence-corrected chi connectivity index (χ3v) is 7.63. The van der Waals surface area contributed by atoms with E-state index in [4.69, 9.17) is 16.0 Å². The number of likely N-dealkylation sites (N-methyl/N-ethyl adjacent to an activating group) is 1. The van der Waals surface area contributed by atoms with E-state index >= 15 is 0 Å². The highest BCUT2D eigenvalue weighted by molar-refractivity contribution is 7.89. The highest BCUT2D eigenvalue weighted by Crippen LogP contribution is 2.31. The van der Waals surface area contributed by atoms with Crippen LogP contribution in [0.4, 0.5) is 0 Å². The Bertz CT molecular complexity index is 1300. The summed E-state index contributed by atoms with van der Waals surface area (Å²) in [7, 11) is -2.45. The fourth-order valence-corrected chi connectivity index (χ4v) is 5.06. The van der Waals surface area contributed by atoms with Gasteiger partial charge in [0.15, 0.2) is 10.8 Å². The second kappa shape index (κ2) is 8.80. The number of para-hydroxylation sites is 1. The molecule has 10 heteroatoms. The predicted octanol–water partition coefficient (Wildman–Crippen LogP) is 4.15. The van der Waals surface area contributed by atoms with Crippen LogP contribution >= 0.6 is 22.9 Å². The van der Waals surface area contributed by atoms with Crippen molar-refractivity contribution in [3.8, 4) is 10.8 Å². The van der Waals surface area contributed by atoms with Crippen molar-refractivity contribution < 1.29 is 17.6 Å². The molecular weight excluding hydrogens is 458 g/mol. The summed E-state index contributed by atoms with van der Waals surface area (Å²) >= 11 is 7.33. The minimum Gasteiger partial charge on any atom is -0.457 e. The Morgan fingerprint density at radius 3 is 2.61 bits per heavy atom. The molecule has 1 amide bonds. The lowest BCUT2D eigenvalue weighted by Crippen LogP contribution is -2.38. The fraction of sp³-hybridized carbons (Fsp3) is 0.143. The monoisotopic (exact) mass is 475 g/mol. The third kappa shape index (κ3) is 4.80. The number of nitrogens with zero attached hydrogens (tertiary/aromatic N) is 2. The van der Waals surface area contributed by atoms with Crippen molar-refractivity contribution in [1.82, 2.24) is 14.6 Å². The average molecular weight is 476 g/mol. The van der Waals surface area contributed by atoms with Gasteiger partial charge < -0.3 is 9.73 Å². The van der Waals surface area contributed by atoms with Gasteiger partial charge in [-0.2, -0.15) is 4.31 Å². The van der Waals surface area contributed by atoms with Crippen molar-refractivity contribution in [3.63, 3.8) is 0 Å². The quantitative estimate of drug-likeness (QED) is 0.433. The first kappa shape index (κ1) is 21.5. The summed E-state index contributed by atoms with van der Waals surface area (Å²) < 4.78 is 33.0. The fourth-order valence-electron chi connectivity index (χ4n) is 2.88. The van der Waals surface area contributed by atoms with E-state index in [2.05, 4.69) is 10.3 Å². The van der Waals surface area contributed by atoms with E-state index in [-0.39, 0.29) is 18.0 Å². The van der Waals surface area contributed by atoms with Gasteiger partial charge in [0, 0.05) is 12.1 Å². The van der Waals surface area contributed by atoms with Crippen LogP contribution in [-0.2, 0) is 21.4 Å². The van der Waals surface area contributed by atoms with Gasteiger partial charge in [-0.05, 0) is 48.5 Å². The molecule has 7 nitrogen and oxygen atoms in total. The molecule has 160 valence electrons. The highest BCUT2D eigenvalue weighted by atomic mass is 35.5. The van der Waals surface area contributed by atoms with Crippen LogP contribution in [0.1, 0.15) is 5.76 Å². The molecule has 0 unspecified atom stereocenters. The number of furan rings is 1. The van der Waals surface area contributed by atoms with Crippen molar-refractivity contribution in [2.75, 3.05) is 13.6 Å². The molecule has 0 bridgehead atoms. The number of benzene rings is 2. The van der Waals surface area contributed by atoms with Gasteiger partial charge in [-0.1, -0.05) is 23.7 Å². The molecule has 2 heterocycles. The molecule has 0 saturated carbocycles. The number of rotatable bonds is 7. The van der Waals surface area contributed by atoms with E-state index in [1.165, 1.54) is 42.6 Å². The molecule has 0 aliphatic rings. The van der Waals surface area contributed by atoms with Crippen LogP contribution in [-0.4, -0.2) is 37.2 Å². The normalized spacial score (nSPS) is 11.8. The Morgan fingerprint density at radius 2 is 1.87 bits per heavy atom. The molecule has 31 heavy (non-hydrogen) atoms. The number of fused-ring (bicyclic) bond motifs is 1. The maximum Gasteiger partial charge on any atom is 0.243 e. The largest absolute Gasteiger partial charge is 0.457 e. The van der Waals surface area contributed by atoms with Gasteiger partial charge >= 0.3 is 0 Å². The minimum atomic E-state index is -3.79. The molecule has 1 N–H and O–H groups in total. The van der Waals surface area contributed by atoms with Gasteiger partial charge in [0.25, 0.3) is 0 Å². The number of carbonyl (C=O) groups excluding carboxylic acids is 1. The zero-order valence-corrected chi connectivity index (χ0v) is 18.8. The predicted molar refractivity (Wildman–Crippen MR) is 120 cm³/mol. The zero-order chi connectivity index (χ0) is 22.0. The first-order chi connectivity index (χ1) is 14.8. The summed E-state index contributed by atoms with van der Waals surface area (Å²) in [5.74, 6) is 0.719. The van der Waals surface area contributed by atoms with Crippen LogP contribution in [0.5, 0.6) is 0 Å². The topological polar surface area (TPSA) is 92.5 Å². The summed E-state index contributed by atoms with van der Waals surface area (Å²) in [6.45, 7) is -0.186. The molecule has 0 atom stereocenters. The van der Waals surface area contributed by atoms with Crippen LogP contribution in [0.3, 0.4) is 0 Å². The molecule has 0 radical (unpaired) electrons. The summed E-state index contributed by atoms with van der Waals surface area (Å²) in [5.41, 5.74) is 0.902. The molecule has 2 aromatic heterocycles. The Morgan fingerprint density at radius 1 is 1.13 bits per heavy atom. The molecule has 2 aromatic carbocycles. The summed E-state index contributed by atoms with van der Waals surface area (Å²) in [4.78, 5) is 16.9. The van der Waals surface area contributed by atoms with Crippen LogP contribution in [0.2, 0.25) is 5.02 Å². The summed E-state index contributed by atoms with van der Waals surface area (Å²) in [6, 6.07) is 17.2. The van der Waals surface area contributed by atoms with Crippen molar-refractivity contribution in [2.24, 2.45) is 0 Å². The third-order valence-electron chi connectivity index (χ3n) is 4.51. The van der Waals surface area contributed by atoms with E-state index in [1.807, 2.05) is 24.3 Å². The molecule has 0 spiro atoms. The van der Waals surface area contributed by atoms with Gasteiger partial charge in [0.2, 0.25) is 15.9 Å². The van der Waals surface area contributed by atoms with Crippen LogP contribution in [0.25, 0.3) is 21.0 Å². The number of sulfonamides is 1. The second-order valence-electron chi connectivity index (χ2n) is 6.74. The maximum absolute atomic E-state index is 12.6. The highest BCUT2D eigenvalue weighted by Gasteiger charge is 2.23. The van der Waals surface area contributed by atoms with E-state index in [0.29, 0.717) is 16.5 Å². The zero-order valence-electron chi connectivity index (χ0n) is 16.4. The standard InChI is InChI=1S/C21H18ClN3O4S2/c1-25(31(27,28)16-9-6-14(22)7-10-16)13-20(26)23-12-15-8-11-18(29-15)21-24-17-4-2-3-5-19(17)30-21/h2-11H,12-13H2,1H3,(H,23,26). The Hall–Kier alpha value is -2.72. The number of aromatic nitrogens is 1.